The van der Waals surface area contributed by atoms with Gasteiger partial charge in [0, 0.05) is 0 Å². The van der Waals surface area contributed by atoms with Gasteiger partial charge in [0.25, 0.3) is 10.0 Å². The maximum Gasteiger partial charge on any atom is 0.267 e. The molecule has 23 heavy (non-hydrogen) atoms. The van der Waals surface area contributed by atoms with Gasteiger partial charge < -0.3 is 4.52 Å². The number of hydrogen-bond donors (Lipinski definition) is 1. The van der Waals surface area contributed by atoms with Crippen molar-refractivity contribution in [2.75, 3.05) is 4.72 Å². The minimum absolute atomic E-state index is 0.116. The van der Waals surface area contributed by atoms with Crippen molar-refractivity contribution in [2.24, 2.45) is 0 Å². The van der Waals surface area contributed by atoms with Gasteiger partial charge in [-0.3, -0.25) is 4.72 Å². The summed E-state index contributed by atoms with van der Waals surface area (Å²) in [4.78, 5) is 0.116. The molecule has 126 valence electrons. The Morgan fingerprint density at radius 2 is 1.57 bits per heavy atom. The summed E-state index contributed by atoms with van der Waals surface area (Å²) in [5.41, 5.74) is 2.98. The molecule has 1 aromatic carbocycles. The first-order valence-corrected chi connectivity index (χ1v) is 9.22. The Hall–Kier alpha value is -1.82. The number of rotatable bonds is 5. The van der Waals surface area contributed by atoms with E-state index in [1.165, 1.54) is 0 Å². The zero-order valence-electron chi connectivity index (χ0n) is 14.5. The molecule has 0 radical (unpaired) electrons. The van der Waals surface area contributed by atoms with Gasteiger partial charge in [0.15, 0.2) is 10.7 Å². The lowest BCUT2D eigenvalue weighted by Crippen LogP contribution is -2.17. The predicted octanol–water partition coefficient (Wildman–Crippen LogP) is 4.34. The fourth-order valence-corrected chi connectivity index (χ4v) is 4.16. The van der Waals surface area contributed by atoms with Crippen molar-refractivity contribution in [1.82, 2.24) is 5.16 Å². The molecule has 0 fully saturated rings. The molecular weight excluding hydrogens is 312 g/mol. The summed E-state index contributed by atoms with van der Waals surface area (Å²) in [6.07, 6.45) is 0. The van der Waals surface area contributed by atoms with Crippen LogP contribution >= 0.6 is 0 Å². The van der Waals surface area contributed by atoms with E-state index in [9.17, 15) is 8.42 Å². The van der Waals surface area contributed by atoms with Gasteiger partial charge in [-0.05, 0) is 36.8 Å². The number of para-hydroxylation sites is 1. The zero-order valence-corrected chi connectivity index (χ0v) is 15.3. The molecule has 0 amide bonds. The van der Waals surface area contributed by atoms with E-state index in [1.54, 1.807) is 13.8 Å². The molecule has 0 aliphatic heterocycles. The van der Waals surface area contributed by atoms with Crippen LogP contribution in [-0.4, -0.2) is 13.6 Å². The van der Waals surface area contributed by atoms with Crippen molar-refractivity contribution in [2.45, 2.75) is 58.3 Å². The van der Waals surface area contributed by atoms with Gasteiger partial charge in [-0.15, -0.1) is 0 Å². The predicted molar refractivity (Wildman–Crippen MR) is 91.4 cm³/mol. The molecule has 0 spiro atoms. The van der Waals surface area contributed by atoms with E-state index in [1.807, 2.05) is 45.9 Å². The minimum Gasteiger partial charge on any atom is -0.360 e. The molecule has 0 aliphatic rings. The number of benzene rings is 1. The highest BCUT2D eigenvalue weighted by Crippen LogP contribution is 2.34. The molecule has 0 unspecified atom stereocenters. The zero-order chi connectivity index (χ0) is 17.4. The van der Waals surface area contributed by atoms with Gasteiger partial charge in [0.1, 0.15) is 5.69 Å². The fraction of sp³-hybridized carbons (Fsp3) is 0.471. The van der Waals surface area contributed by atoms with Gasteiger partial charge in [-0.2, -0.15) is 0 Å². The van der Waals surface area contributed by atoms with E-state index >= 15 is 0 Å². The van der Waals surface area contributed by atoms with E-state index in [-0.39, 0.29) is 16.7 Å². The van der Waals surface area contributed by atoms with Crippen LogP contribution in [0.15, 0.2) is 27.6 Å². The van der Waals surface area contributed by atoms with E-state index in [0.29, 0.717) is 17.1 Å². The number of anilines is 1. The SMILES string of the molecule is Cc1noc(C)c1S(=O)(=O)Nc1c(C(C)C)cccc1C(C)C. The highest BCUT2D eigenvalue weighted by Gasteiger charge is 2.26. The Morgan fingerprint density at radius 1 is 1.04 bits per heavy atom. The first-order chi connectivity index (χ1) is 10.6. The summed E-state index contributed by atoms with van der Waals surface area (Å²) >= 11 is 0. The normalized spacial score (nSPS) is 12.2. The van der Waals surface area contributed by atoms with Crippen molar-refractivity contribution in [3.8, 4) is 0 Å². The molecule has 0 bridgehead atoms. The third-order valence-electron chi connectivity index (χ3n) is 3.85. The fourth-order valence-electron chi connectivity index (χ4n) is 2.71. The lowest BCUT2D eigenvalue weighted by Gasteiger charge is -2.20. The molecule has 0 aliphatic carbocycles. The Bertz CT molecular complexity index is 759. The van der Waals surface area contributed by atoms with Gasteiger partial charge in [-0.25, -0.2) is 8.42 Å². The maximum atomic E-state index is 12.8. The molecule has 6 heteroatoms. The second-order valence-electron chi connectivity index (χ2n) is 6.38. The van der Waals surface area contributed by atoms with Gasteiger partial charge >= 0.3 is 0 Å². The first-order valence-electron chi connectivity index (χ1n) is 7.73. The van der Waals surface area contributed by atoms with Crippen molar-refractivity contribution in [1.29, 1.82) is 0 Å². The molecule has 0 saturated heterocycles. The Balaban J connectivity index is 2.59. The van der Waals surface area contributed by atoms with E-state index < -0.39 is 10.0 Å². The van der Waals surface area contributed by atoms with E-state index in [0.717, 1.165) is 11.1 Å². The smallest absolute Gasteiger partial charge is 0.267 e. The summed E-state index contributed by atoms with van der Waals surface area (Å²) in [7, 11) is -3.75. The van der Waals surface area contributed by atoms with Crippen LogP contribution in [-0.2, 0) is 10.0 Å². The van der Waals surface area contributed by atoms with Gasteiger partial charge in [-0.1, -0.05) is 51.1 Å². The third-order valence-corrected chi connectivity index (χ3v) is 5.44. The largest absolute Gasteiger partial charge is 0.360 e. The lowest BCUT2D eigenvalue weighted by atomic mass is 9.93. The van der Waals surface area contributed by atoms with Crippen LogP contribution in [0.1, 0.15) is 62.1 Å². The number of hydrogen-bond acceptors (Lipinski definition) is 4. The highest BCUT2D eigenvalue weighted by atomic mass is 32.2. The first kappa shape index (κ1) is 17.5. The monoisotopic (exact) mass is 336 g/mol. The van der Waals surface area contributed by atoms with Crippen LogP contribution in [0.3, 0.4) is 0 Å². The molecule has 0 saturated carbocycles. The lowest BCUT2D eigenvalue weighted by molar-refractivity contribution is 0.390. The Labute approximate surface area is 138 Å². The average molecular weight is 336 g/mol. The third kappa shape index (κ3) is 3.42. The van der Waals surface area contributed by atoms with Gasteiger partial charge in [0.05, 0.1) is 5.69 Å². The summed E-state index contributed by atoms with van der Waals surface area (Å²) in [5.74, 6) is 0.704. The van der Waals surface area contributed by atoms with Crippen molar-refractivity contribution in [3.63, 3.8) is 0 Å². The average Bonchev–Trinajstić information content (AvgIpc) is 2.78. The van der Waals surface area contributed by atoms with Crippen LogP contribution < -0.4 is 4.72 Å². The summed E-state index contributed by atoms with van der Waals surface area (Å²) in [6.45, 7) is 11.4. The second-order valence-corrected chi connectivity index (χ2v) is 8.00. The van der Waals surface area contributed by atoms with Crippen LogP contribution in [0.2, 0.25) is 0 Å². The molecular formula is C17H24N2O3S. The summed E-state index contributed by atoms with van der Waals surface area (Å²) in [5, 5.41) is 3.74. The van der Waals surface area contributed by atoms with Crippen LogP contribution in [0.5, 0.6) is 0 Å². The number of nitrogens with zero attached hydrogens (tertiary/aromatic N) is 1. The number of aryl methyl sites for hydroxylation is 2. The van der Waals surface area contributed by atoms with Crippen molar-refractivity contribution < 1.29 is 12.9 Å². The van der Waals surface area contributed by atoms with Crippen LogP contribution in [0, 0.1) is 13.8 Å². The maximum absolute atomic E-state index is 12.8. The van der Waals surface area contributed by atoms with Crippen molar-refractivity contribution >= 4 is 15.7 Å². The number of sulfonamides is 1. The molecule has 1 heterocycles. The molecule has 1 aromatic heterocycles. The van der Waals surface area contributed by atoms with Crippen molar-refractivity contribution in [3.05, 3.63) is 40.8 Å². The molecule has 5 nitrogen and oxygen atoms in total. The van der Waals surface area contributed by atoms with Crippen LogP contribution in [0.25, 0.3) is 0 Å². The quantitative estimate of drug-likeness (QED) is 0.881. The highest BCUT2D eigenvalue weighted by molar-refractivity contribution is 7.92. The molecule has 2 aromatic rings. The van der Waals surface area contributed by atoms with E-state index in [2.05, 4.69) is 9.88 Å². The second kappa shape index (κ2) is 6.35. The standard InChI is InChI=1S/C17H24N2O3S/c1-10(2)14-8-7-9-15(11(3)4)16(14)19-23(20,21)17-12(5)18-22-13(17)6/h7-11,19H,1-6H3. The molecule has 2 rings (SSSR count). The Kier molecular flexibility index (Phi) is 4.84. The molecule has 1 N–H and O–H groups in total. The minimum atomic E-state index is -3.75. The summed E-state index contributed by atoms with van der Waals surface area (Å²) < 4.78 is 33.5. The molecule has 0 atom stereocenters. The number of nitrogens with one attached hydrogen (secondary N) is 1. The Morgan fingerprint density at radius 3 is 1.96 bits per heavy atom. The van der Waals surface area contributed by atoms with Crippen LogP contribution in [0.4, 0.5) is 5.69 Å². The van der Waals surface area contributed by atoms with Gasteiger partial charge in [0.2, 0.25) is 0 Å². The van der Waals surface area contributed by atoms with E-state index in [4.69, 9.17) is 4.52 Å². The topological polar surface area (TPSA) is 72.2 Å². The summed E-state index contributed by atoms with van der Waals surface area (Å²) in [6, 6.07) is 5.89. The number of aromatic nitrogens is 1.